The summed E-state index contributed by atoms with van der Waals surface area (Å²) in [5.74, 6) is -2.57. The van der Waals surface area contributed by atoms with Gasteiger partial charge >= 0.3 is 0 Å². The zero-order chi connectivity index (χ0) is 22.7. The molecule has 172 valence electrons. The van der Waals surface area contributed by atoms with Crippen molar-refractivity contribution in [1.82, 2.24) is 30.3 Å². The Morgan fingerprint density at radius 3 is 2.64 bits per heavy atom. The molecule has 3 aromatic rings. The molecule has 2 N–H and O–H groups in total. The normalized spacial score (nSPS) is 25.8. The van der Waals surface area contributed by atoms with Gasteiger partial charge in [-0.25, -0.2) is 13.8 Å². The molecule has 3 fully saturated rings. The van der Waals surface area contributed by atoms with E-state index in [-0.39, 0.29) is 23.8 Å². The zero-order valence-electron chi connectivity index (χ0n) is 18.2. The van der Waals surface area contributed by atoms with E-state index in [0.29, 0.717) is 24.1 Å². The molecule has 10 heteroatoms. The van der Waals surface area contributed by atoms with Gasteiger partial charge in [0.25, 0.3) is 5.92 Å². The second kappa shape index (κ2) is 7.44. The molecule has 0 radical (unpaired) electrons. The van der Waals surface area contributed by atoms with Crippen molar-refractivity contribution in [2.75, 3.05) is 4.90 Å². The number of alkyl halides is 2. The van der Waals surface area contributed by atoms with Crippen molar-refractivity contribution in [3.63, 3.8) is 0 Å². The Labute approximate surface area is 189 Å². The number of fused-ring (bicyclic) bond motifs is 2. The average Bonchev–Trinajstić information content (AvgIpc) is 3.37. The fourth-order valence-electron chi connectivity index (χ4n) is 5.19. The third-order valence-corrected chi connectivity index (χ3v) is 7.03. The van der Waals surface area contributed by atoms with E-state index < -0.39 is 18.0 Å². The lowest BCUT2D eigenvalue weighted by Gasteiger charge is -2.43. The number of rotatable bonds is 5. The summed E-state index contributed by atoms with van der Waals surface area (Å²) in [5, 5.41) is 26.3. The van der Waals surface area contributed by atoms with Crippen LogP contribution in [0.3, 0.4) is 0 Å². The maximum atomic E-state index is 15.2. The minimum Gasteiger partial charge on any atom is -0.507 e. The van der Waals surface area contributed by atoms with Crippen molar-refractivity contribution in [1.29, 1.82) is 0 Å². The first-order chi connectivity index (χ1) is 15.9. The number of hydrogen-bond acceptors (Lipinski definition) is 7. The van der Waals surface area contributed by atoms with Crippen molar-refractivity contribution in [3.05, 3.63) is 36.8 Å². The number of benzene rings is 1. The topological polar surface area (TPSA) is 92.0 Å². The molecular weight excluding hydrogens is 428 g/mol. The van der Waals surface area contributed by atoms with Gasteiger partial charge in [-0.15, -0.1) is 10.2 Å². The van der Waals surface area contributed by atoms with Crippen molar-refractivity contribution in [3.8, 4) is 28.1 Å². The highest BCUT2D eigenvalue weighted by Crippen LogP contribution is 2.45. The molecule has 2 bridgehead atoms. The third kappa shape index (κ3) is 3.52. The first-order valence-electron chi connectivity index (χ1n) is 11.3. The molecule has 6 rings (SSSR count). The van der Waals surface area contributed by atoms with Gasteiger partial charge in [0, 0.05) is 36.5 Å². The Kier molecular flexibility index (Phi) is 4.62. The van der Waals surface area contributed by atoms with Crippen LogP contribution in [0.5, 0.6) is 5.75 Å². The van der Waals surface area contributed by atoms with Crippen LogP contribution in [0.1, 0.15) is 32.1 Å². The molecule has 3 aliphatic rings. The number of hydrogen-bond donors (Lipinski definition) is 2. The molecule has 1 saturated carbocycles. The first-order valence-corrected chi connectivity index (χ1v) is 11.3. The smallest absolute Gasteiger partial charge is 0.283 e. The van der Waals surface area contributed by atoms with E-state index >= 15 is 8.78 Å². The van der Waals surface area contributed by atoms with Gasteiger partial charge in [-0.05, 0) is 49.8 Å². The number of aromatic nitrogens is 5. The first kappa shape index (κ1) is 20.5. The number of aryl methyl sites for hydroxylation is 1. The molecule has 0 amide bonds. The quantitative estimate of drug-likeness (QED) is 0.613. The van der Waals surface area contributed by atoms with Crippen LogP contribution in [0.4, 0.5) is 14.7 Å². The summed E-state index contributed by atoms with van der Waals surface area (Å²) < 4.78 is 32.2. The van der Waals surface area contributed by atoms with E-state index in [4.69, 9.17) is 0 Å². The predicted molar refractivity (Wildman–Crippen MR) is 118 cm³/mol. The Bertz CT molecular complexity index is 1180. The van der Waals surface area contributed by atoms with E-state index in [1.54, 1.807) is 27.9 Å². The van der Waals surface area contributed by atoms with Gasteiger partial charge in [-0.2, -0.15) is 5.10 Å². The number of phenolic OH excluding ortho intramolecular Hbond substituents is 1. The third-order valence-electron chi connectivity index (χ3n) is 7.03. The largest absolute Gasteiger partial charge is 0.507 e. The van der Waals surface area contributed by atoms with Crippen LogP contribution in [0.25, 0.3) is 22.4 Å². The molecular formula is C23H25F2N7O. The lowest BCUT2D eigenvalue weighted by atomic mass is 9.93. The molecule has 3 atom stereocenters. The Balaban J connectivity index is 1.28. The summed E-state index contributed by atoms with van der Waals surface area (Å²) in [4.78, 5) is 6.13. The maximum absolute atomic E-state index is 15.2. The molecule has 33 heavy (non-hydrogen) atoms. The van der Waals surface area contributed by atoms with Gasteiger partial charge in [-0.1, -0.05) is 6.07 Å². The summed E-state index contributed by atoms with van der Waals surface area (Å²) in [6, 6.07) is 3.68. The average molecular weight is 453 g/mol. The Morgan fingerprint density at radius 1 is 1.12 bits per heavy atom. The zero-order valence-corrected chi connectivity index (χ0v) is 18.2. The lowest BCUT2D eigenvalue weighted by Crippen LogP contribution is -2.63. The Hall–Kier alpha value is -3.14. The number of nitrogens with one attached hydrogen (secondary N) is 1. The minimum atomic E-state index is -2.85. The second-order valence-corrected chi connectivity index (χ2v) is 9.34. The summed E-state index contributed by atoms with van der Waals surface area (Å²) in [7, 11) is 1.83. The van der Waals surface area contributed by atoms with Gasteiger partial charge in [0.1, 0.15) is 11.4 Å². The van der Waals surface area contributed by atoms with Crippen LogP contribution in [-0.4, -0.2) is 60.2 Å². The summed E-state index contributed by atoms with van der Waals surface area (Å²) in [6.07, 6.45) is 8.46. The number of anilines is 1. The van der Waals surface area contributed by atoms with E-state index in [1.807, 2.05) is 19.3 Å². The number of phenols is 1. The molecule has 8 nitrogen and oxygen atoms in total. The molecule has 2 aromatic heterocycles. The van der Waals surface area contributed by atoms with Crippen molar-refractivity contribution < 1.29 is 13.9 Å². The van der Waals surface area contributed by atoms with E-state index in [1.165, 1.54) is 6.20 Å². The molecule has 1 aliphatic carbocycles. The molecule has 0 spiro atoms. The highest BCUT2D eigenvalue weighted by atomic mass is 19.3. The maximum Gasteiger partial charge on any atom is 0.283 e. The van der Waals surface area contributed by atoms with Crippen LogP contribution < -0.4 is 10.2 Å². The minimum absolute atomic E-state index is 0.0261. The molecule has 0 unspecified atom stereocenters. The highest BCUT2D eigenvalue weighted by Gasteiger charge is 2.58. The fraction of sp³-hybridized carbons (Fsp3) is 0.478. The van der Waals surface area contributed by atoms with Crippen molar-refractivity contribution >= 4 is 5.95 Å². The number of nitrogens with zero attached hydrogens (tertiary/aromatic N) is 6. The monoisotopic (exact) mass is 453 g/mol. The van der Waals surface area contributed by atoms with E-state index in [2.05, 4.69) is 25.6 Å². The standard InChI is InChI=1S/C23H25F2N7O/c1-31-12-14(10-27-31)13-2-6-17(19(33)8-13)18-11-26-22(30-29-18)32(16-4-5-16)21-9-15-3-7-20(28-15)23(21,24)25/h2,6,8,10-12,15-16,20-21,28,33H,3-5,7,9H2,1H3/t15-,20-,21-/m0/s1. The predicted octanol–water partition coefficient (Wildman–Crippen LogP) is 3.14. The van der Waals surface area contributed by atoms with E-state index in [9.17, 15) is 5.11 Å². The number of aromatic hydroxyl groups is 1. The molecule has 1 aromatic carbocycles. The van der Waals surface area contributed by atoms with Crippen LogP contribution in [0, 0.1) is 0 Å². The Morgan fingerprint density at radius 2 is 1.97 bits per heavy atom. The van der Waals surface area contributed by atoms with Crippen molar-refractivity contribution in [2.45, 2.75) is 62.2 Å². The van der Waals surface area contributed by atoms with Gasteiger partial charge in [0.2, 0.25) is 5.95 Å². The SMILES string of the molecule is Cn1cc(-c2ccc(-c3cnc(N(C4CC4)[C@H]4C[C@@H]5CC[C@H](N5)C4(F)F)nn3)c(O)c2)cn1. The fourth-order valence-corrected chi connectivity index (χ4v) is 5.19. The van der Waals surface area contributed by atoms with Gasteiger partial charge in [0.05, 0.1) is 24.5 Å². The summed E-state index contributed by atoms with van der Waals surface area (Å²) in [5.41, 5.74) is 2.58. The molecule has 2 aliphatic heterocycles. The van der Waals surface area contributed by atoms with Crippen LogP contribution in [0.2, 0.25) is 0 Å². The molecule has 4 heterocycles. The lowest BCUT2D eigenvalue weighted by molar-refractivity contribution is -0.0745. The van der Waals surface area contributed by atoms with E-state index in [0.717, 1.165) is 30.4 Å². The summed E-state index contributed by atoms with van der Waals surface area (Å²) in [6.45, 7) is 0. The van der Waals surface area contributed by atoms with Crippen LogP contribution in [-0.2, 0) is 7.05 Å². The van der Waals surface area contributed by atoms with Gasteiger partial charge in [0.15, 0.2) is 0 Å². The van der Waals surface area contributed by atoms with Crippen molar-refractivity contribution in [2.24, 2.45) is 7.05 Å². The number of halogens is 2. The summed E-state index contributed by atoms with van der Waals surface area (Å²) >= 11 is 0. The molecule has 2 saturated heterocycles. The van der Waals surface area contributed by atoms with Gasteiger partial charge < -0.3 is 15.3 Å². The highest BCUT2D eigenvalue weighted by molar-refractivity contribution is 5.73. The van der Waals surface area contributed by atoms with Gasteiger partial charge in [-0.3, -0.25) is 4.68 Å². The second-order valence-electron chi connectivity index (χ2n) is 9.34. The van der Waals surface area contributed by atoms with Crippen LogP contribution >= 0.6 is 0 Å². The number of piperidine rings is 1. The van der Waals surface area contributed by atoms with Crippen LogP contribution in [0.15, 0.2) is 36.8 Å².